The van der Waals surface area contributed by atoms with E-state index in [1.807, 2.05) is 6.92 Å². The van der Waals surface area contributed by atoms with Gasteiger partial charge in [0.1, 0.15) is 0 Å². The standard InChI is InChI=1S/C13H17F3N2O/c1-2-18(9-3-8-17)12(19)10-4-6-11(7-5-10)13(14,15)16/h4-7H,2-3,8-9,17H2,1H3. The van der Waals surface area contributed by atoms with Crippen molar-refractivity contribution < 1.29 is 18.0 Å². The molecular formula is C13H17F3N2O. The van der Waals surface area contributed by atoms with Gasteiger partial charge in [-0.25, -0.2) is 0 Å². The van der Waals surface area contributed by atoms with Gasteiger partial charge in [-0.2, -0.15) is 13.2 Å². The lowest BCUT2D eigenvalue weighted by Crippen LogP contribution is -2.32. The van der Waals surface area contributed by atoms with Crippen molar-refractivity contribution in [1.82, 2.24) is 4.90 Å². The van der Waals surface area contributed by atoms with Crippen LogP contribution in [-0.2, 0) is 6.18 Å². The smallest absolute Gasteiger partial charge is 0.339 e. The number of benzene rings is 1. The molecule has 0 heterocycles. The van der Waals surface area contributed by atoms with Crippen LogP contribution in [0, 0.1) is 0 Å². The number of hydrogen-bond acceptors (Lipinski definition) is 2. The number of carbonyl (C=O) groups is 1. The minimum Gasteiger partial charge on any atom is -0.339 e. The Morgan fingerprint density at radius 1 is 1.26 bits per heavy atom. The summed E-state index contributed by atoms with van der Waals surface area (Å²) in [5.74, 6) is -0.273. The maximum Gasteiger partial charge on any atom is 0.416 e. The van der Waals surface area contributed by atoms with E-state index in [1.54, 1.807) is 4.90 Å². The van der Waals surface area contributed by atoms with Gasteiger partial charge in [-0.15, -0.1) is 0 Å². The first-order valence-corrected chi connectivity index (χ1v) is 6.06. The van der Waals surface area contributed by atoms with Crippen molar-refractivity contribution in [3.63, 3.8) is 0 Å². The lowest BCUT2D eigenvalue weighted by atomic mass is 10.1. The highest BCUT2D eigenvalue weighted by Crippen LogP contribution is 2.29. The van der Waals surface area contributed by atoms with Crippen molar-refractivity contribution in [3.8, 4) is 0 Å². The van der Waals surface area contributed by atoms with Gasteiger partial charge < -0.3 is 10.6 Å². The van der Waals surface area contributed by atoms with Crippen LogP contribution in [-0.4, -0.2) is 30.4 Å². The molecule has 0 atom stereocenters. The topological polar surface area (TPSA) is 46.3 Å². The van der Waals surface area contributed by atoms with Crippen LogP contribution < -0.4 is 5.73 Å². The molecule has 0 bridgehead atoms. The number of hydrogen-bond donors (Lipinski definition) is 1. The number of nitrogens with zero attached hydrogens (tertiary/aromatic N) is 1. The van der Waals surface area contributed by atoms with E-state index in [9.17, 15) is 18.0 Å². The summed E-state index contributed by atoms with van der Waals surface area (Å²) < 4.78 is 37.2. The summed E-state index contributed by atoms with van der Waals surface area (Å²) in [4.78, 5) is 13.6. The normalized spacial score (nSPS) is 11.4. The average Bonchev–Trinajstić information content (AvgIpc) is 2.38. The molecule has 0 spiro atoms. The highest BCUT2D eigenvalue weighted by Gasteiger charge is 2.30. The molecule has 106 valence electrons. The molecule has 3 nitrogen and oxygen atoms in total. The molecule has 0 aliphatic carbocycles. The predicted octanol–water partition coefficient (Wildman–Crippen LogP) is 2.52. The Bertz CT molecular complexity index is 415. The third kappa shape index (κ3) is 4.24. The highest BCUT2D eigenvalue weighted by molar-refractivity contribution is 5.94. The van der Waals surface area contributed by atoms with Crippen molar-refractivity contribution >= 4 is 5.91 Å². The SMILES string of the molecule is CCN(CCCN)C(=O)c1ccc(C(F)(F)F)cc1. The van der Waals surface area contributed by atoms with Gasteiger partial charge >= 0.3 is 6.18 Å². The quantitative estimate of drug-likeness (QED) is 0.896. The Hall–Kier alpha value is -1.56. The van der Waals surface area contributed by atoms with Gasteiger partial charge in [-0.3, -0.25) is 4.79 Å². The zero-order valence-electron chi connectivity index (χ0n) is 10.7. The second-order valence-corrected chi connectivity index (χ2v) is 4.10. The third-order valence-electron chi connectivity index (χ3n) is 2.76. The fourth-order valence-corrected chi connectivity index (χ4v) is 1.67. The average molecular weight is 274 g/mol. The lowest BCUT2D eigenvalue weighted by Gasteiger charge is -2.20. The molecule has 1 rings (SSSR count). The Labute approximate surface area is 110 Å². The minimum atomic E-state index is -4.38. The second-order valence-electron chi connectivity index (χ2n) is 4.10. The monoisotopic (exact) mass is 274 g/mol. The molecule has 0 radical (unpaired) electrons. The van der Waals surface area contributed by atoms with Crippen molar-refractivity contribution in [2.45, 2.75) is 19.5 Å². The molecule has 1 aromatic carbocycles. The number of nitrogens with two attached hydrogens (primary N) is 1. The van der Waals surface area contributed by atoms with E-state index in [-0.39, 0.29) is 11.5 Å². The summed E-state index contributed by atoms with van der Waals surface area (Å²) in [6.07, 6.45) is -3.72. The van der Waals surface area contributed by atoms with Gasteiger partial charge in [-0.1, -0.05) is 0 Å². The van der Waals surface area contributed by atoms with Gasteiger partial charge in [0.25, 0.3) is 5.91 Å². The largest absolute Gasteiger partial charge is 0.416 e. The van der Waals surface area contributed by atoms with Crippen molar-refractivity contribution in [2.75, 3.05) is 19.6 Å². The Balaban J connectivity index is 2.82. The summed E-state index contributed by atoms with van der Waals surface area (Å²) >= 11 is 0. The van der Waals surface area contributed by atoms with E-state index < -0.39 is 11.7 Å². The van der Waals surface area contributed by atoms with Crippen LogP contribution in [0.1, 0.15) is 29.3 Å². The number of carbonyl (C=O) groups excluding carboxylic acids is 1. The fourth-order valence-electron chi connectivity index (χ4n) is 1.67. The van der Waals surface area contributed by atoms with Crippen molar-refractivity contribution in [1.29, 1.82) is 0 Å². The maximum absolute atomic E-state index is 12.4. The first-order valence-electron chi connectivity index (χ1n) is 6.06. The van der Waals surface area contributed by atoms with Gasteiger partial charge in [-0.05, 0) is 44.2 Å². The molecule has 6 heteroatoms. The van der Waals surface area contributed by atoms with E-state index in [1.165, 1.54) is 12.1 Å². The maximum atomic E-state index is 12.4. The zero-order chi connectivity index (χ0) is 14.5. The van der Waals surface area contributed by atoms with Crippen LogP contribution in [0.3, 0.4) is 0 Å². The number of amides is 1. The van der Waals surface area contributed by atoms with E-state index in [4.69, 9.17) is 5.73 Å². The summed E-state index contributed by atoms with van der Waals surface area (Å²) in [7, 11) is 0. The zero-order valence-corrected chi connectivity index (χ0v) is 10.7. The van der Waals surface area contributed by atoms with Crippen molar-refractivity contribution in [2.24, 2.45) is 5.73 Å². The Kier molecular flexibility index (Phi) is 5.35. The molecule has 1 aromatic rings. The molecule has 1 amide bonds. The molecule has 0 unspecified atom stereocenters. The van der Waals surface area contributed by atoms with Gasteiger partial charge in [0.15, 0.2) is 0 Å². The van der Waals surface area contributed by atoms with Crippen LogP contribution >= 0.6 is 0 Å². The molecule has 0 saturated heterocycles. The lowest BCUT2D eigenvalue weighted by molar-refractivity contribution is -0.137. The second kappa shape index (κ2) is 6.56. The molecule has 0 saturated carbocycles. The molecule has 0 aliphatic rings. The molecule has 0 aliphatic heterocycles. The molecule has 0 fully saturated rings. The summed E-state index contributed by atoms with van der Waals surface area (Å²) in [6.45, 7) is 3.29. The van der Waals surface area contributed by atoms with Crippen LogP contribution in [0.4, 0.5) is 13.2 Å². The van der Waals surface area contributed by atoms with Crippen LogP contribution in [0.15, 0.2) is 24.3 Å². The predicted molar refractivity (Wildman–Crippen MR) is 66.7 cm³/mol. The van der Waals surface area contributed by atoms with E-state index in [0.29, 0.717) is 26.1 Å². The van der Waals surface area contributed by atoms with E-state index in [0.717, 1.165) is 12.1 Å². The molecule has 0 aromatic heterocycles. The molecule has 19 heavy (non-hydrogen) atoms. The first-order chi connectivity index (χ1) is 8.90. The van der Waals surface area contributed by atoms with Gasteiger partial charge in [0.2, 0.25) is 0 Å². The van der Waals surface area contributed by atoms with Crippen LogP contribution in [0.25, 0.3) is 0 Å². The van der Waals surface area contributed by atoms with E-state index in [2.05, 4.69) is 0 Å². The number of alkyl halides is 3. The van der Waals surface area contributed by atoms with E-state index >= 15 is 0 Å². The molecule has 2 N–H and O–H groups in total. The highest BCUT2D eigenvalue weighted by atomic mass is 19.4. The van der Waals surface area contributed by atoms with Crippen LogP contribution in [0.5, 0.6) is 0 Å². The summed E-state index contributed by atoms with van der Waals surface area (Å²) in [6, 6.07) is 4.25. The van der Waals surface area contributed by atoms with Gasteiger partial charge in [0.05, 0.1) is 5.56 Å². The number of halogens is 3. The third-order valence-corrected chi connectivity index (χ3v) is 2.76. The summed E-state index contributed by atoms with van der Waals surface area (Å²) in [5.41, 5.74) is 4.88. The Morgan fingerprint density at radius 3 is 2.26 bits per heavy atom. The van der Waals surface area contributed by atoms with Gasteiger partial charge in [0, 0.05) is 18.7 Å². The first kappa shape index (κ1) is 15.5. The molecular weight excluding hydrogens is 257 g/mol. The number of rotatable bonds is 5. The fraction of sp³-hybridized carbons (Fsp3) is 0.462. The van der Waals surface area contributed by atoms with Crippen LogP contribution in [0.2, 0.25) is 0 Å². The summed E-state index contributed by atoms with van der Waals surface area (Å²) in [5, 5.41) is 0. The Morgan fingerprint density at radius 2 is 1.84 bits per heavy atom. The van der Waals surface area contributed by atoms with Crippen molar-refractivity contribution in [3.05, 3.63) is 35.4 Å². The minimum absolute atomic E-state index is 0.256.